The van der Waals surface area contributed by atoms with Crippen LogP contribution in [-0.2, 0) is 4.74 Å². The fourth-order valence-electron chi connectivity index (χ4n) is 4.20. The van der Waals surface area contributed by atoms with E-state index in [0.717, 1.165) is 24.0 Å². The molecule has 202 valence electrons. The minimum Gasteiger partial charge on any atom is -0.481 e. The van der Waals surface area contributed by atoms with Gasteiger partial charge in [-0.2, -0.15) is 0 Å². The summed E-state index contributed by atoms with van der Waals surface area (Å²) < 4.78 is 17.5. The summed E-state index contributed by atoms with van der Waals surface area (Å²) in [5.74, 6) is 1.22. The molecular weight excluding hydrogens is 512 g/mol. The highest BCUT2D eigenvalue weighted by Crippen LogP contribution is 2.40. The average Bonchev–Trinajstić information content (AvgIpc) is 3.71. The highest BCUT2D eigenvalue weighted by atomic mass is 35.5. The number of aryl methyl sites for hydroxylation is 4. The molecule has 12 heteroatoms. The van der Waals surface area contributed by atoms with Crippen LogP contribution in [0.15, 0.2) is 23.1 Å². The lowest BCUT2D eigenvalue weighted by Gasteiger charge is -2.21. The second-order valence-corrected chi connectivity index (χ2v) is 9.66. The zero-order chi connectivity index (χ0) is 27.6. The van der Waals surface area contributed by atoms with E-state index >= 15 is 0 Å². The van der Waals surface area contributed by atoms with Gasteiger partial charge in [0.2, 0.25) is 11.8 Å². The van der Waals surface area contributed by atoms with Crippen molar-refractivity contribution in [1.82, 2.24) is 19.5 Å². The van der Waals surface area contributed by atoms with Crippen LogP contribution in [-0.4, -0.2) is 46.4 Å². The van der Waals surface area contributed by atoms with Gasteiger partial charge in [-0.1, -0.05) is 11.6 Å². The van der Waals surface area contributed by atoms with E-state index in [-0.39, 0.29) is 29.1 Å². The number of hydrogen-bond donors (Lipinski definition) is 2. The van der Waals surface area contributed by atoms with Crippen molar-refractivity contribution >= 4 is 34.9 Å². The maximum absolute atomic E-state index is 13.5. The van der Waals surface area contributed by atoms with Crippen LogP contribution in [0.25, 0.3) is 0 Å². The van der Waals surface area contributed by atoms with Crippen LogP contribution >= 0.6 is 11.6 Å². The van der Waals surface area contributed by atoms with E-state index in [1.54, 1.807) is 34.1 Å². The molecule has 3 aromatic heterocycles. The SMILES string of the molecule is COc1nc(C)c(NC(=O)OCC(C2CC2)n2cc(Cl)nc(Nc3cc(C)c(OC)nc3C)c2=O)cc1C. The smallest absolute Gasteiger partial charge is 0.411 e. The molecule has 0 aromatic carbocycles. The fraction of sp³-hybridized carbons (Fsp3) is 0.423. The van der Waals surface area contributed by atoms with E-state index in [4.69, 9.17) is 25.8 Å². The number of rotatable bonds is 9. The van der Waals surface area contributed by atoms with Gasteiger partial charge < -0.3 is 24.1 Å². The first-order valence-electron chi connectivity index (χ1n) is 12.1. The normalized spacial score (nSPS) is 13.6. The van der Waals surface area contributed by atoms with Crippen LogP contribution in [0.4, 0.5) is 22.0 Å². The van der Waals surface area contributed by atoms with Gasteiger partial charge in [0.05, 0.1) is 43.0 Å². The molecule has 0 aliphatic heterocycles. The maximum Gasteiger partial charge on any atom is 0.411 e. The van der Waals surface area contributed by atoms with E-state index in [2.05, 4.69) is 25.6 Å². The lowest BCUT2D eigenvalue weighted by molar-refractivity contribution is 0.135. The number of anilines is 3. The third-order valence-corrected chi connectivity index (χ3v) is 6.58. The van der Waals surface area contributed by atoms with Crippen molar-refractivity contribution in [1.29, 1.82) is 0 Å². The van der Waals surface area contributed by atoms with Gasteiger partial charge in [-0.3, -0.25) is 10.1 Å². The van der Waals surface area contributed by atoms with Gasteiger partial charge in [0.25, 0.3) is 5.56 Å². The molecule has 0 radical (unpaired) electrons. The number of carbonyl (C=O) groups is 1. The van der Waals surface area contributed by atoms with Crippen LogP contribution in [0.2, 0.25) is 5.15 Å². The molecule has 0 saturated heterocycles. The number of carbonyl (C=O) groups excluding carboxylic acids is 1. The zero-order valence-electron chi connectivity index (χ0n) is 22.2. The number of nitrogens with one attached hydrogen (secondary N) is 2. The highest BCUT2D eigenvalue weighted by Gasteiger charge is 2.35. The quantitative estimate of drug-likeness (QED) is 0.388. The molecule has 1 fully saturated rings. The van der Waals surface area contributed by atoms with Crippen LogP contribution in [0.5, 0.6) is 11.8 Å². The fourth-order valence-corrected chi connectivity index (χ4v) is 4.39. The molecule has 1 saturated carbocycles. The number of methoxy groups -OCH3 is 2. The number of pyridine rings is 2. The first kappa shape index (κ1) is 27.2. The summed E-state index contributed by atoms with van der Waals surface area (Å²) in [6.07, 6.45) is 2.65. The summed E-state index contributed by atoms with van der Waals surface area (Å²) in [7, 11) is 3.09. The van der Waals surface area contributed by atoms with E-state index in [1.807, 2.05) is 19.9 Å². The Bertz CT molecular complexity index is 1420. The molecule has 1 atom stereocenters. The summed E-state index contributed by atoms with van der Waals surface area (Å²) in [5, 5.41) is 5.92. The van der Waals surface area contributed by atoms with E-state index in [0.29, 0.717) is 34.5 Å². The molecule has 1 aliphatic rings. The third kappa shape index (κ3) is 5.99. The summed E-state index contributed by atoms with van der Waals surface area (Å²) in [5.41, 5.74) is 3.56. The van der Waals surface area contributed by atoms with Gasteiger partial charge in [0, 0.05) is 17.3 Å². The Kier molecular flexibility index (Phi) is 8.05. The van der Waals surface area contributed by atoms with E-state index < -0.39 is 12.1 Å². The Morgan fingerprint density at radius 3 is 2.18 bits per heavy atom. The van der Waals surface area contributed by atoms with Gasteiger partial charge in [0.15, 0.2) is 5.82 Å². The molecule has 3 heterocycles. The van der Waals surface area contributed by atoms with Crippen LogP contribution in [0.1, 0.15) is 41.4 Å². The number of nitrogens with zero attached hydrogens (tertiary/aromatic N) is 4. The summed E-state index contributed by atoms with van der Waals surface area (Å²) in [6.45, 7) is 7.24. The summed E-state index contributed by atoms with van der Waals surface area (Å²) >= 11 is 6.32. The maximum atomic E-state index is 13.5. The average molecular weight is 543 g/mol. The molecule has 2 N–H and O–H groups in total. The van der Waals surface area contributed by atoms with Crippen molar-refractivity contribution in [3.63, 3.8) is 0 Å². The van der Waals surface area contributed by atoms with Crippen LogP contribution < -0.4 is 25.7 Å². The second kappa shape index (κ2) is 11.3. The Balaban J connectivity index is 1.53. The molecule has 0 bridgehead atoms. The highest BCUT2D eigenvalue weighted by molar-refractivity contribution is 6.29. The molecule has 4 rings (SSSR count). The predicted molar refractivity (Wildman–Crippen MR) is 144 cm³/mol. The Morgan fingerprint density at radius 1 is 1.03 bits per heavy atom. The lowest BCUT2D eigenvalue weighted by Crippen LogP contribution is -2.32. The van der Waals surface area contributed by atoms with E-state index in [1.165, 1.54) is 10.8 Å². The molecule has 0 spiro atoms. The van der Waals surface area contributed by atoms with Gasteiger partial charge >= 0.3 is 6.09 Å². The van der Waals surface area contributed by atoms with Crippen molar-refractivity contribution in [3.8, 4) is 11.8 Å². The number of hydrogen-bond acceptors (Lipinski definition) is 9. The lowest BCUT2D eigenvalue weighted by atomic mass is 10.2. The largest absolute Gasteiger partial charge is 0.481 e. The minimum absolute atomic E-state index is 0.0139. The predicted octanol–water partition coefficient (Wildman–Crippen LogP) is 4.88. The summed E-state index contributed by atoms with van der Waals surface area (Å²) in [4.78, 5) is 39.1. The van der Waals surface area contributed by atoms with Crippen LogP contribution in [0, 0.1) is 33.6 Å². The standard InChI is InChI=1S/C26H31ClN6O5/c1-13-9-18(15(3)28-23(13)36-5)30-22-25(34)33(11-21(27)32-22)20(17-7-8-17)12-38-26(35)31-19-10-14(2)24(37-6)29-16(19)4/h9-11,17,20H,7-8,12H2,1-6H3,(H,30,32)(H,31,35). The van der Waals surface area contributed by atoms with Crippen molar-refractivity contribution in [3.05, 3.63) is 56.4 Å². The van der Waals surface area contributed by atoms with Crippen molar-refractivity contribution in [2.45, 2.75) is 46.6 Å². The number of halogens is 1. The zero-order valence-corrected chi connectivity index (χ0v) is 23.0. The van der Waals surface area contributed by atoms with Crippen molar-refractivity contribution in [2.24, 2.45) is 5.92 Å². The number of ether oxygens (including phenoxy) is 3. The first-order chi connectivity index (χ1) is 18.1. The molecule has 3 aromatic rings. The van der Waals surface area contributed by atoms with Gasteiger partial charge in [-0.05, 0) is 58.6 Å². The molecule has 11 nitrogen and oxygen atoms in total. The monoisotopic (exact) mass is 542 g/mol. The Labute approximate surface area is 225 Å². The number of amides is 1. The third-order valence-electron chi connectivity index (χ3n) is 6.40. The Hall–Kier alpha value is -3.86. The molecule has 1 unspecified atom stereocenters. The second-order valence-electron chi connectivity index (χ2n) is 9.27. The van der Waals surface area contributed by atoms with Gasteiger partial charge in [-0.25, -0.2) is 19.7 Å². The Morgan fingerprint density at radius 2 is 1.61 bits per heavy atom. The topological polar surface area (TPSA) is 129 Å². The molecule has 1 aliphatic carbocycles. The van der Waals surface area contributed by atoms with Gasteiger partial charge in [-0.15, -0.1) is 0 Å². The summed E-state index contributed by atoms with van der Waals surface area (Å²) in [6, 6.07) is 3.20. The molecule has 1 amide bonds. The van der Waals surface area contributed by atoms with E-state index in [9.17, 15) is 9.59 Å². The molecular formula is C26H31ClN6O5. The number of aromatic nitrogens is 4. The minimum atomic E-state index is -0.646. The van der Waals surface area contributed by atoms with Gasteiger partial charge in [0.1, 0.15) is 11.8 Å². The van der Waals surface area contributed by atoms with Crippen molar-refractivity contribution < 1.29 is 19.0 Å². The first-order valence-corrected chi connectivity index (χ1v) is 12.5. The molecule has 38 heavy (non-hydrogen) atoms. The van der Waals surface area contributed by atoms with Crippen molar-refractivity contribution in [2.75, 3.05) is 31.5 Å². The van der Waals surface area contributed by atoms with Crippen LogP contribution in [0.3, 0.4) is 0 Å².